The van der Waals surface area contributed by atoms with E-state index in [1.165, 1.54) is 5.69 Å². The monoisotopic (exact) mass is 252 g/mol. The molecular weight excluding hydrogens is 232 g/mol. The van der Waals surface area contributed by atoms with E-state index in [-0.39, 0.29) is 0 Å². The molecule has 1 atom stereocenters. The number of hydrogen-bond donors (Lipinski definition) is 1. The van der Waals surface area contributed by atoms with Gasteiger partial charge in [-0.1, -0.05) is 31.5 Å². The van der Waals surface area contributed by atoms with Gasteiger partial charge in [0, 0.05) is 36.4 Å². The molecule has 1 aliphatic rings. The van der Waals surface area contributed by atoms with Gasteiger partial charge < -0.3 is 10.2 Å². The summed E-state index contributed by atoms with van der Waals surface area (Å²) in [5, 5.41) is 4.43. The van der Waals surface area contributed by atoms with E-state index >= 15 is 0 Å². The summed E-state index contributed by atoms with van der Waals surface area (Å²) < 4.78 is 0. The number of halogens is 1. The van der Waals surface area contributed by atoms with Crippen LogP contribution < -0.4 is 10.2 Å². The van der Waals surface area contributed by atoms with Gasteiger partial charge in [0.25, 0.3) is 0 Å². The lowest BCUT2D eigenvalue weighted by molar-refractivity contribution is 0.368. The minimum atomic E-state index is 0.573. The standard InChI is InChI=1S/C14H21ClN2/c1-10(2)14-9-17(7-6-16-14)12-5-4-11(3)13(15)8-12/h4-5,8,10,14,16H,6-7,9H2,1-3H3. The van der Waals surface area contributed by atoms with Crippen molar-refractivity contribution >= 4 is 17.3 Å². The van der Waals surface area contributed by atoms with Crippen molar-refractivity contribution in [2.75, 3.05) is 24.5 Å². The first kappa shape index (κ1) is 12.7. The fraction of sp³-hybridized carbons (Fsp3) is 0.571. The second-order valence-electron chi connectivity index (χ2n) is 5.18. The van der Waals surface area contributed by atoms with E-state index in [2.05, 4.69) is 42.3 Å². The molecule has 0 saturated carbocycles. The highest BCUT2D eigenvalue weighted by molar-refractivity contribution is 6.31. The SMILES string of the molecule is Cc1ccc(N2CCNC(C(C)C)C2)cc1Cl. The van der Waals surface area contributed by atoms with Crippen molar-refractivity contribution in [1.29, 1.82) is 0 Å². The lowest BCUT2D eigenvalue weighted by atomic mass is 10.0. The van der Waals surface area contributed by atoms with Crippen molar-refractivity contribution in [3.8, 4) is 0 Å². The smallest absolute Gasteiger partial charge is 0.0455 e. The fourth-order valence-corrected chi connectivity index (χ4v) is 2.41. The molecule has 3 heteroatoms. The van der Waals surface area contributed by atoms with E-state index in [1.54, 1.807) is 0 Å². The van der Waals surface area contributed by atoms with Crippen LogP contribution in [-0.2, 0) is 0 Å². The van der Waals surface area contributed by atoms with Crippen molar-refractivity contribution in [3.63, 3.8) is 0 Å². The molecule has 1 N–H and O–H groups in total. The third-order valence-electron chi connectivity index (χ3n) is 3.53. The minimum Gasteiger partial charge on any atom is -0.369 e. The lowest BCUT2D eigenvalue weighted by Gasteiger charge is -2.37. The summed E-state index contributed by atoms with van der Waals surface area (Å²) in [6, 6.07) is 6.93. The number of anilines is 1. The Morgan fingerprint density at radius 1 is 1.41 bits per heavy atom. The first-order chi connectivity index (χ1) is 8.08. The molecule has 17 heavy (non-hydrogen) atoms. The van der Waals surface area contributed by atoms with Crippen molar-refractivity contribution in [1.82, 2.24) is 5.32 Å². The second-order valence-corrected chi connectivity index (χ2v) is 5.59. The summed E-state index contributed by atoms with van der Waals surface area (Å²) in [6.45, 7) is 9.75. The van der Waals surface area contributed by atoms with Gasteiger partial charge in [-0.3, -0.25) is 0 Å². The summed E-state index contributed by atoms with van der Waals surface area (Å²) in [5.41, 5.74) is 2.39. The summed E-state index contributed by atoms with van der Waals surface area (Å²) in [4.78, 5) is 2.42. The van der Waals surface area contributed by atoms with Gasteiger partial charge in [-0.2, -0.15) is 0 Å². The van der Waals surface area contributed by atoms with Gasteiger partial charge in [0.05, 0.1) is 0 Å². The average molecular weight is 253 g/mol. The number of hydrogen-bond acceptors (Lipinski definition) is 2. The second kappa shape index (κ2) is 5.28. The maximum absolute atomic E-state index is 6.19. The number of nitrogens with zero attached hydrogens (tertiary/aromatic N) is 1. The molecule has 1 saturated heterocycles. The molecule has 0 bridgehead atoms. The largest absolute Gasteiger partial charge is 0.369 e. The van der Waals surface area contributed by atoms with Gasteiger partial charge in [-0.25, -0.2) is 0 Å². The van der Waals surface area contributed by atoms with Gasteiger partial charge in [-0.15, -0.1) is 0 Å². The molecule has 0 aromatic heterocycles. The van der Waals surface area contributed by atoms with Crippen LogP contribution in [0, 0.1) is 12.8 Å². The quantitative estimate of drug-likeness (QED) is 0.870. The summed E-state index contributed by atoms with van der Waals surface area (Å²) in [6.07, 6.45) is 0. The zero-order valence-corrected chi connectivity index (χ0v) is 11.6. The lowest BCUT2D eigenvalue weighted by Crippen LogP contribution is -2.53. The highest BCUT2D eigenvalue weighted by Gasteiger charge is 2.21. The molecule has 94 valence electrons. The van der Waals surface area contributed by atoms with Crippen molar-refractivity contribution < 1.29 is 0 Å². The third kappa shape index (κ3) is 2.93. The molecule has 1 aromatic carbocycles. The van der Waals surface area contributed by atoms with Gasteiger partial charge in [0.1, 0.15) is 0 Å². The van der Waals surface area contributed by atoms with Crippen LogP contribution in [0.2, 0.25) is 5.02 Å². The minimum absolute atomic E-state index is 0.573. The number of nitrogens with one attached hydrogen (secondary N) is 1. The molecule has 2 rings (SSSR count). The average Bonchev–Trinajstić information content (AvgIpc) is 2.33. The topological polar surface area (TPSA) is 15.3 Å². The first-order valence-corrected chi connectivity index (χ1v) is 6.70. The van der Waals surface area contributed by atoms with Crippen LogP contribution in [-0.4, -0.2) is 25.7 Å². The Morgan fingerprint density at radius 2 is 2.18 bits per heavy atom. The molecule has 1 unspecified atom stereocenters. The summed E-state index contributed by atoms with van der Waals surface area (Å²) in [5.74, 6) is 0.665. The molecule has 1 fully saturated rings. The zero-order chi connectivity index (χ0) is 12.4. The van der Waals surface area contributed by atoms with Crippen LogP contribution in [0.3, 0.4) is 0 Å². The Bertz CT molecular complexity index is 390. The Hall–Kier alpha value is -0.730. The number of rotatable bonds is 2. The molecule has 2 nitrogen and oxygen atoms in total. The zero-order valence-electron chi connectivity index (χ0n) is 10.8. The Kier molecular flexibility index (Phi) is 3.95. The van der Waals surface area contributed by atoms with Gasteiger partial charge in [-0.05, 0) is 30.5 Å². The normalized spacial score (nSPS) is 21.0. The van der Waals surface area contributed by atoms with E-state index in [9.17, 15) is 0 Å². The van der Waals surface area contributed by atoms with E-state index in [0.29, 0.717) is 12.0 Å². The molecule has 0 radical (unpaired) electrons. The van der Waals surface area contributed by atoms with Crippen molar-refractivity contribution in [2.45, 2.75) is 26.8 Å². The molecule has 0 aliphatic carbocycles. The van der Waals surface area contributed by atoms with E-state index in [1.807, 2.05) is 6.92 Å². The Morgan fingerprint density at radius 3 is 2.82 bits per heavy atom. The van der Waals surface area contributed by atoms with Crippen LogP contribution in [0.25, 0.3) is 0 Å². The molecule has 1 aromatic rings. The van der Waals surface area contributed by atoms with Crippen molar-refractivity contribution in [3.05, 3.63) is 28.8 Å². The maximum atomic E-state index is 6.19. The predicted octanol–water partition coefficient (Wildman–Crippen LogP) is 3.08. The van der Waals surface area contributed by atoms with Crippen LogP contribution in [0.5, 0.6) is 0 Å². The molecule has 0 spiro atoms. The molecule has 1 aliphatic heterocycles. The third-order valence-corrected chi connectivity index (χ3v) is 3.94. The molecule has 1 heterocycles. The van der Waals surface area contributed by atoms with E-state index < -0.39 is 0 Å². The Balaban J connectivity index is 2.13. The van der Waals surface area contributed by atoms with Gasteiger partial charge in [0.15, 0.2) is 0 Å². The Labute approximate surface area is 109 Å². The van der Waals surface area contributed by atoms with E-state index in [0.717, 1.165) is 30.2 Å². The fourth-order valence-electron chi connectivity index (χ4n) is 2.24. The summed E-state index contributed by atoms with van der Waals surface area (Å²) in [7, 11) is 0. The van der Waals surface area contributed by atoms with Gasteiger partial charge in [0.2, 0.25) is 0 Å². The number of aryl methyl sites for hydroxylation is 1. The summed E-state index contributed by atoms with van der Waals surface area (Å²) >= 11 is 6.19. The van der Waals surface area contributed by atoms with Crippen LogP contribution in [0.4, 0.5) is 5.69 Å². The first-order valence-electron chi connectivity index (χ1n) is 6.32. The van der Waals surface area contributed by atoms with Gasteiger partial charge >= 0.3 is 0 Å². The molecular formula is C14H21ClN2. The van der Waals surface area contributed by atoms with Crippen molar-refractivity contribution in [2.24, 2.45) is 5.92 Å². The predicted molar refractivity (Wildman–Crippen MR) is 75.0 cm³/mol. The molecule has 0 amide bonds. The maximum Gasteiger partial charge on any atom is 0.0455 e. The highest BCUT2D eigenvalue weighted by atomic mass is 35.5. The van der Waals surface area contributed by atoms with Crippen LogP contribution in [0.1, 0.15) is 19.4 Å². The highest BCUT2D eigenvalue weighted by Crippen LogP contribution is 2.24. The number of benzene rings is 1. The van der Waals surface area contributed by atoms with Crippen LogP contribution >= 0.6 is 11.6 Å². The number of piperazine rings is 1. The van der Waals surface area contributed by atoms with E-state index in [4.69, 9.17) is 11.6 Å². The van der Waals surface area contributed by atoms with Crippen LogP contribution in [0.15, 0.2) is 18.2 Å².